The Balaban J connectivity index is -0.000000165. The van der Waals surface area contributed by atoms with Crippen molar-refractivity contribution in [1.82, 2.24) is 9.78 Å². The van der Waals surface area contributed by atoms with Crippen LogP contribution in [0, 0.1) is 0 Å². The molecule has 8 nitrogen and oxygen atoms in total. The van der Waals surface area contributed by atoms with Crippen LogP contribution in [0.2, 0.25) is 0 Å². The van der Waals surface area contributed by atoms with Crippen molar-refractivity contribution in [2.75, 3.05) is 6.54 Å². The van der Waals surface area contributed by atoms with E-state index in [-0.39, 0.29) is 157 Å². The van der Waals surface area contributed by atoms with Gasteiger partial charge in [0, 0.05) is 16.9 Å². The van der Waals surface area contributed by atoms with Gasteiger partial charge in [-0.2, -0.15) is 5.10 Å². The van der Waals surface area contributed by atoms with Crippen molar-refractivity contribution in [3.05, 3.63) is 27.4 Å². The number of rotatable bonds is 3. The van der Waals surface area contributed by atoms with Crippen LogP contribution in [-0.2, 0) is 14.4 Å². The Morgan fingerprint density at radius 2 is 1.93 bits per heavy atom. The monoisotopic (exact) mass is 791 g/mol. The van der Waals surface area contributed by atoms with Gasteiger partial charge in [-0.15, -0.1) is 0 Å². The molecule has 0 spiro atoms. The zero-order valence-electron chi connectivity index (χ0n) is 19.9. The Labute approximate surface area is 314 Å². The molecule has 2 atom stereocenters. The molecule has 3 rings (SSSR count). The molecule has 1 aromatic rings. The molecule has 0 radical (unpaired) electrons. The number of epoxide rings is 1. The van der Waals surface area contributed by atoms with Crippen LogP contribution in [0.25, 0.3) is 0 Å². The van der Waals surface area contributed by atoms with Gasteiger partial charge in [0.1, 0.15) is 0 Å². The van der Waals surface area contributed by atoms with E-state index in [0.29, 0.717) is 6.10 Å². The van der Waals surface area contributed by atoms with Crippen LogP contribution in [-0.4, -0.2) is 51.4 Å². The van der Waals surface area contributed by atoms with Crippen LogP contribution in [0.1, 0.15) is 49.0 Å². The van der Waals surface area contributed by atoms with Gasteiger partial charge in [0.25, 0.3) is 6.47 Å². The molecule has 162 valence electrons. The van der Waals surface area contributed by atoms with Crippen LogP contribution < -0.4 is 143 Å². The van der Waals surface area contributed by atoms with E-state index in [4.69, 9.17) is 14.8 Å². The molecule has 0 saturated carbocycles. The first-order valence-corrected chi connectivity index (χ1v) is 10.1. The van der Waals surface area contributed by atoms with E-state index in [2.05, 4.69) is 67.6 Å². The Hall–Kier alpha value is 3.03. The molecule has 0 aliphatic carbocycles. The zero-order chi connectivity index (χ0) is 22.0. The van der Waals surface area contributed by atoms with Crippen molar-refractivity contribution < 1.29 is 164 Å². The van der Waals surface area contributed by atoms with E-state index in [1.807, 2.05) is 19.2 Å². The smallest absolute Gasteiger partial charge is 1.00 e. The average molecular weight is 793 g/mol. The molecule has 1 fully saturated rings. The van der Waals surface area contributed by atoms with Crippen molar-refractivity contribution in [3.8, 4) is 0 Å². The molecule has 1 N–H and O–H groups in total. The number of nitrogens with zero attached hydrogens (tertiary/aromatic N) is 3. The molecular formula is C18H29Br2Cs2N3O5. The second kappa shape index (κ2) is 19.2. The van der Waals surface area contributed by atoms with Crippen molar-refractivity contribution in [3.63, 3.8) is 0 Å². The number of aromatic nitrogens is 2. The number of carbonyl (C=O) groups is 1. The molecule has 1 saturated heterocycles. The number of hydrogen-bond acceptors (Lipinski definition) is 7. The van der Waals surface area contributed by atoms with Crippen molar-refractivity contribution in [2.24, 2.45) is 4.99 Å². The molecule has 12 heteroatoms. The fourth-order valence-electron chi connectivity index (χ4n) is 1.60. The normalized spacial score (nSPS) is 18.2. The quantitative estimate of drug-likeness (QED) is 0.152. The third kappa shape index (κ3) is 18.4. The van der Waals surface area contributed by atoms with Gasteiger partial charge >= 0.3 is 138 Å². The second-order valence-corrected chi connectivity index (χ2v) is 8.94. The number of aliphatic imine (C=N–C) groups is 1. The fraction of sp³-hybridized carbons (Fsp3) is 0.611. The standard InChI is InChI=1S/C8H13BrN2O.C5H10O.C4H4BrN.CH2O3.2Cs.H/c1-6(8(2,3)12)11-5-7(9)4-10-11;1-4-5(2,3)6-4;5-4-1-2-6-3-4;2-1-4-3;;;/h4-6,12H,1-3H3;4H,1-3H3;1,3H,2H2;1,3H;;;/q;;;;2*+1;-1/p-1. The Morgan fingerprint density at radius 1 is 1.47 bits per heavy atom. The summed E-state index contributed by atoms with van der Waals surface area (Å²) in [6.07, 6.45) is 7.88. The van der Waals surface area contributed by atoms with Gasteiger partial charge < -0.3 is 21.4 Å². The minimum atomic E-state index is -0.745. The van der Waals surface area contributed by atoms with Crippen molar-refractivity contribution >= 4 is 44.5 Å². The summed E-state index contributed by atoms with van der Waals surface area (Å²) in [6, 6.07) is -0.0243. The summed E-state index contributed by atoms with van der Waals surface area (Å²) < 4.78 is 8.87. The molecule has 3 heterocycles. The maximum atomic E-state index is 9.67. The molecule has 2 unspecified atom stereocenters. The maximum Gasteiger partial charge on any atom is 1.00 e. The molecule has 0 amide bonds. The summed E-state index contributed by atoms with van der Waals surface area (Å²) in [6.45, 7) is 12.4. The predicted molar refractivity (Wildman–Crippen MR) is 114 cm³/mol. The van der Waals surface area contributed by atoms with Crippen LogP contribution in [0.15, 0.2) is 32.4 Å². The first-order valence-electron chi connectivity index (χ1n) is 8.52. The summed E-state index contributed by atoms with van der Waals surface area (Å²) in [7, 11) is 0. The molecule has 0 aromatic carbocycles. The largest absolute Gasteiger partial charge is 1.00 e. The maximum absolute atomic E-state index is 9.67. The van der Waals surface area contributed by atoms with Crippen LogP contribution in [0.4, 0.5) is 0 Å². The van der Waals surface area contributed by atoms with E-state index >= 15 is 0 Å². The summed E-state index contributed by atoms with van der Waals surface area (Å²) in [5, 5.41) is 22.2. The van der Waals surface area contributed by atoms with Gasteiger partial charge in [-0.3, -0.25) is 14.5 Å². The minimum absolute atomic E-state index is 0. The zero-order valence-corrected chi connectivity index (χ0v) is 34.7. The van der Waals surface area contributed by atoms with E-state index in [1.165, 1.54) is 0 Å². The van der Waals surface area contributed by atoms with Crippen LogP contribution >= 0.6 is 31.9 Å². The number of ether oxygens (including phenoxy) is 1. The first-order chi connectivity index (χ1) is 12.8. The number of allylic oxidation sites excluding steroid dienone is 1. The molecule has 2 aliphatic rings. The van der Waals surface area contributed by atoms with Gasteiger partial charge in [-0.05, 0) is 79.5 Å². The SMILES string of the molecule is BrC1=CCN=C1.CC(n1cc(Br)cn1)C(C)(C)O.CC1OC1(C)C.O=CO[O-].[Cs+].[Cs+].[H-]. The summed E-state index contributed by atoms with van der Waals surface area (Å²) in [5.41, 5.74) is -0.536. The van der Waals surface area contributed by atoms with Gasteiger partial charge in [0.2, 0.25) is 0 Å². The Bertz CT molecular complexity index is 668. The Morgan fingerprint density at radius 3 is 2.10 bits per heavy atom. The molecular weight excluding hydrogens is 764 g/mol. The van der Waals surface area contributed by atoms with E-state index in [1.54, 1.807) is 30.9 Å². The number of hydrogen-bond donors (Lipinski definition) is 1. The van der Waals surface area contributed by atoms with Gasteiger partial charge in [0.05, 0.1) is 40.6 Å². The summed E-state index contributed by atoms with van der Waals surface area (Å²) in [5.74, 6) is 0. The van der Waals surface area contributed by atoms with Gasteiger partial charge in [-0.1, -0.05) is 0 Å². The minimum Gasteiger partial charge on any atom is -1.00 e. The molecule has 1 aromatic heterocycles. The number of carbonyl (C=O) groups excluding carboxylic acids is 1. The fourth-order valence-corrected chi connectivity index (χ4v) is 2.20. The van der Waals surface area contributed by atoms with E-state index < -0.39 is 5.60 Å². The first kappa shape index (κ1) is 37.6. The van der Waals surface area contributed by atoms with Crippen LogP contribution in [0.5, 0.6) is 0 Å². The summed E-state index contributed by atoms with van der Waals surface area (Å²) >= 11 is 6.55. The molecule has 2 aliphatic heterocycles. The second-order valence-electron chi connectivity index (χ2n) is 7.11. The third-order valence-electron chi connectivity index (χ3n) is 4.04. The number of halogens is 2. The third-order valence-corrected chi connectivity index (χ3v) is 4.98. The Kier molecular flexibility index (Phi) is 24.1. The molecule has 30 heavy (non-hydrogen) atoms. The van der Waals surface area contributed by atoms with Crippen molar-refractivity contribution in [2.45, 2.75) is 64.9 Å². The van der Waals surface area contributed by atoms with E-state index in [9.17, 15) is 5.11 Å². The van der Waals surface area contributed by atoms with Gasteiger partial charge in [0.15, 0.2) is 0 Å². The topological polar surface area (TPSA) is 112 Å². The van der Waals surface area contributed by atoms with Gasteiger partial charge in [-0.25, -0.2) is 0 Å². The van der Waals surface area contributed by atoms with Crippen molar-refractivity contribution in [1.29, 1.82) is 0 Å². The average Bonchev–Trinajstić information content (AvgIpc) is 3.01. The predicted octanol–water partition coefficient (Wildman–Crippen LogP) is -2.93. The molecule has 0 bridgehead atoms. The summed E-state index contributed by atoms with van der Waals surface area (Å²) in [4.78, 5) is 15.1. The van der Waals surface area contributed by atoms with E-state index in [0.717, 1.165) is 15.5 Å². The van der Waals surface area contributed by atoms with Crippen LogP contribution in [0.3, 0.4) is 0 Å². The number of aliphatic hydroxyl groups is 1.